The number of imidazole rings is 1. The smallest absolute Gasteiger partial charge is 0.301 e. The molecule has 2 aromatic heterocycles. The van der Waals surface area contributed by atoms with Gasteiger partial charge >= 0.3 is 6.01 Å². The number of H-pyrrole nitrogens is 1. The molecule has 4 rings (SSSR count). The second-order valence-electron chi connectivity index (χ2n) is 9.82. The maximum Gasteiger partial charge on any atom is 0.301 e. The summed E-state index contributed by atoms with van der Waals surface area (Å²) in [5.41, 5.74) is 5.11. The Bertz CT molecular complexity index is 1550. The number of pyridine rings is 1. The molecule has 40 heavy (non-hydrogen) atoms. The topological polar surface area (TPSA) is 112 Å². The van der Waals surface area contributed by atoms with E-state index >= 15 is 0 Å². The number of piperazine rings is 1. The van der Waals surface area contributed by atoms with Gasteiger partial charge in [-0.25, -0.2) is 13.4 Å². The first-order valence-corrected chi connectivity index (χ1v) is 15.2. The summed E-state index contributed by atoms with van der Waals surface area (Å²) >= 11 is 6.62. The third kappa shape index (κ3) is 6.41. The fourth-order valence-electron chi connectivity index (χ4n) is 4.55. The molecule has 214 valence electrons. The Morgan fingerprint density at radius 3 is 2.52 bits per heavy atom. The summed E-state index contributed by atoms with van der Waals surface area (Å²) in [7, 11) is -3.26. The van der Waals surface area contributed by atoms with Crippen LogP contribution in [0.15, 0.2) is 54.8 Å². The van der Waals surface area contributed by atoms with Crippen LogP contribution in [0.5, 0.6) is 11.8 Å². The van der Waals surface area contributed by atoms with Crippen LogP contribution >= 0.6 is 11.6 Å². The van der Waals surface area contributed by atoms with Gasteiger partial charge in [-0.05, 0) is 68.2 Å². The van der Waals surface area contributed by atoms with Crippen LogP contribution in [0.3, 0.4) is 0 Å². The van der Waals surface area contributed by atoms with Gasteiger partial charge in [0.25, 0.3) is 0 Å². The number of hydrogen-bond donors (Lipinski definition) is 2. The molecule has 0 spiro atoms. The van der Waals surface area contributed by atoms with Gasteiger partial charge < -0.3 is 19.7 Å². The molecule has 0 atom stereocenters. The molecule has 0 aliphatic carbocycles. The molecule has 0 saturated carbocycles. The van der Waals surface area contributed by atoms with E-state index in [4.69, 9.17) is 16.3 Å². The van der Waals surface area contributed by atoms with Gasteiger partial charge in [0.05, 0.1) is 28.1 Å². The number of nitrogens with one attached hydrogen (secondary N) is 1. The van der Waals surface area contributed by atoms with E-state index < -0.39 is 15.3 Å². The number of fused-ring (bicyclic) bond motifs is 1. The standard InChI is InChI=1S/C29H36ClN5O4S/c1-6-21-10-11-24(16-23(21)18-36)39-29-31-26-17-25(30)27(32-28(26)33-29)22(7-2)9-8-20(5)34-12-14-35(15-13-34)40(37,38)19(3)4/h7-11,16-17,19,36H,5-6,12-15,18H2,1-4H3,(H,31,32,33)/b9-8-,22-7+. The van der Waals surface area contributed by atoms with Crippen molar-refractivity contribution < 1.29 is 18.3 Å². The summed E-state index contributed by atoms with van der Waals surface area (Å²) in [6, 6.07) is 7.61. The van der Waals surface area contributed by atoms with E-state index in [1.54, 1.807) is 30.3 Å². The number of aromatic nitrogens is 3. The summed E-state index contributed by atoms with van der Waals surface area (Å²) in [5.74, 6) is 0.560. The van der Waals surface area contributed by atoms with Gasteiger partial charge in [-0.3, -0.25) is 0 Å². The highest BCUT2D eigenvalue weighted by atomic mass is 35.5. The highest BCUT2D eigenvalue weighted by Crippen LogP contribution is 2.30. The van der Waals surface area contributed by atoms with Crippen molar-refractivity contribution in [3.8, 4) is 11.8 Å². The van der Waals surface area contributed by atoms with Crippen LogP contribution in [-0.4, -0.2) is 69.1 Å². The van der Waals surface area contributed by atoms with Crippen molar-refractivity contribution in [3.05, 3.63) is 76.6 Å². The Labute approximate surface area is 240 Å². The van der Waals surface area contributed by atoms with Crippen LogP contribution in [0.25, 0.3) is 16.7 Å². The van der Waals surface area contributed by atoms with Crippen LogP contribution in [0.2, 0.25) is 5.02 Å². The van der Waals surface area contributed by atoms with Crippen molar-refractivity contribution in [2.45, 2.75) is 46.0 Å². The lowest BCUT2D eigenvalue weighted by atomic mass is 10.1. The highest BCUT2D eigenvalue weighted by Gasteiger charge is 2.29. The molecule has 0 unspecified atom stereocenters. The van der Waals surface area contributed by atoms with Gasteiger partial charge in [0, 0.05) is 31.9 Å². The van der Waals surface area contributed by atoms with Crippen molar-refractivity contribution >= 4 is 38.4 Å². The Kier molecular flexibility index (Phi) is 9.35. The van der Waals surface area contributed by atoms with Gasteiger partial charge in [0.1, 0.15) is 5.75 Å². The lowest BCUT2D eigenvalue weighted by Gasteiger charge is -2.36. The predicted molar refractivity (Wildman–Crippen MR) is 160 cm³/mol. The zero-order chi connectivity index (χ0) is 29.0. The lowest BCUT2D eigenvalue weighted by Crippen LogP contribution is -2.49. The molecular weight excluding hydrogens is 550 g/mol. The van der Waals surface area contributed by atoms with E-state index in [9.17, 15) is 13.5 Å². The van der Waals surface area contributed by atoms with Crippen molar-refractivity contribution in [2.24, 2.45) is 0 Å². The number of nitrogens with zero attached hydrogens (tertiary/aromatic N) is 4. The molecule has 1 fully saturated rings. The minimum absolute atomic E-state index is 0.0661. The number of halogens is 1. The number of aromatic amines is 1. The number of aliphatic hydroxyl groups excluding tert-OH is 1. The van der Waals surface area contributed by atoms with E-state index in [1.165, 1.54) is 0 Å². The monoisotopic (exact) mass is 585 g/mol. The fourth-order valence-corrected chi connectivity index (χ4v) is 6.08. The average molecular weight is 586 g/mol. The highest BCUT2D eigenvalue weighted by molar-refractivity contribution is 7.89. The van der Waals surface area contributed by atoms with E-state index in [-0.39, 0.29) is 12.6 Å². The Hall–Kier alpha value is -3.18. The Morgan fingerprint density at radius 1 is 1.18 bits per heavy atom. The maximum atomic E-state index is 12.5. The summed E-state index contributed by atoms with van der Waals surface area (Å²) in [6.45, 7) is 13.5. The zero-order valence-electron chi connectivity index (χ0n) is 23.3. The third-order valence-electron chi connectivity index (χ3n) is 6.99. The number of benzene rings is 1. The van der Waals surface area contributed by atoms with Gasteiger partial charge in [0.15, 0.2) is 5.65 Å². The molecule has 0 radical (unpaired) electrons. The normalized spacial score (nSPS) is 15.5. The molecule has 9 nitrogen and oxygen atoms in total. The minimum Gasteiger partial charge on any atom is -0.426 e. The minimum atomic E-state index is -3.26. The van der Waals surface area contributed by atoms with Crippen molar-refractivity contribution in [1.82, 2.24) is 24.2 Å². The van der Waals surface area contributed by atoms with Gasteiger partial charge in [-0.15, -0.1) is 0 Å². The first-order chi connectivity index (χ1) is 19.1. The first kappa shape index (κ1) is 29.8. The van der Waals surface area contributed by atoms with Crippen LogP contribution in [0, 0.1) is 0 Å². The average Bonchev–Trinajstić information content (AvgIpc) is 3.33. The molecule has 1 saturated heterocycles. The summed E-state index contributed by atoms with van der Waals surface area (Å²) in [6.07, 6.45) is 6.52. The second kappa shape index (κ2) is 12.6. The molecule has 2 N–H and O–H groups in total. The van der Waals surface area contributed by atoms with Crippen LogP contribution in [0.1, 0.15) is 44.5 Å². The number of hydrogen-bond acceptors (Lipinski definition) is 7. The molecule has 1 aromatic carbocycles. The van der Waals surface area contributed by atoms with Gasteiger partial charge in [-0.1, -0.05) is 43.3 Å². The zero-order valence-corrected chi connectivity index (χ0v) is 24.9. The number of aliphatic hydroxyl groups is 1. The van der Waals surface area contributed by atoms with Crippen LogP contribution in [0.4, 0.5) is 0 Å². The number of sulfonamides is 1. The maximum absolute atomic E-state index is 12.5. The van der Waals surface area contributed by atoms with Crippen LogP contribution < -0.4 is 4.74 Å². The molecule has 0 bridgehead atoms. The first-order valence-electron chi connectivity index (χ1n) is 13.3. The number of rotatable bonds is 10. The number of aryl methyl sites for hydroxylation is 1. The largest absolute Gasteiger partial charge is 0.426 e. The SMILES string of the molecule is C=C(/C=C\C(=C/C)c1nc2nc(Oc3ccc(CC)c(CO)c3)[nH]c2cc1Cl)N1CCN(S(=O)(=O)C(C)C)CC1. The van der Waals surface area contributed by atoms with Gasteiger partial charge in [-0.2, -0.15) is 9.29 Å². The van der Waals surface area contributed by atoms with Crippen molar-refractivity contribution in [1.29, 1.82) is 0 Å². The molecule has 1 aliphatic heterocycles. The second-order valence-corrected chi connectivity index (χ2v) is 12.7. The Balaban J connectivity index is 1.47. The Morgan fingerprint density at radius 2 is 1.90 bits per heavy atom. The number of allylic oxidation sites excluding steroid dienone is 4. The molecule has 1 aliphatic rings. The predicted octanol–water partition coefficient (Wildman–Crippen LogP) is 5.29. The third-order valence-corrected chi connectivity index (χ3v) is 9.55. The van der Waals surface area contributed by atoms with E-state index in [2.05, 4.69) is 26.4 Å². The van der Waals surface area contributed by atoms with Crippen molar-refractivity contribution in [3.63, 3.8) is 0 Å². The van der Waals surface area contributed by atoms with Crippen LogP contribution in [-0.2, 0) is 23.1 Å². The molecule has 3 heterocycles. The van der Waals surface area contributed by atoms with E-state index in [1.807, 2.05) is 44.2 Å². The molecule has 3 aromatic rings. The molecular formula is C29H36ClN5O4S. The summed E-state index contributed by atoms with van der Waals surface area (Å²) in [4.78, 5) is 14.3. The van der Waals surface area contributed by atoms with Crippen molar-refractivity contribution in [2.75, 3.05) is 26.2 Å². The number of ether oxygens (including phenoxy) is 1. The molecule has 11 heteroatoms. The summed E-state index contributed by atoms with van der Waals surface area (Å²) in [5, 5.41) is 9.67. The lowest BCUT2D eigenvalue weighted by molar-refractivity contribution is 0.233. The van der Waals surface area contributed by atoms with E-state index in [0.717, 1.165) is 28.8 Å². The fraction of sp³-hybridized carbons (Fsp3) is 0.379. The van der Waals surface area contributed by atoms with E-state index in [0.29, 0.717) is 53.8 Å². The molecule has 0 amide bonds. The summed E-state index contributed by atoms with van der Waals surface area (Å²) < 4.78 is 32.4. The van der Waals surface area contributed by atoms with Gasteiger partial charge in [0.2, 0.25) is 10.0 Å². The quantitative estimate of drug-likeness (QED) is 0.311.